The fraction of sp³-hybridized carbons (Fsp3) is 0.600. The predicted octanol–water partition coefficient (Wildman–Crippen LogP) is 2.55. The van der Waals surface area contributed by atoms with Gasteiger partial charge in [-0.2, -0.15) is 0 Å². The lowest BCUT2D eigenvalue weighted by Crippen LogP contribution is -2.26. The van der Waals surface area contributed by atoms with Crippen LogP contribution in [0.3, 0.4) is 0 Å². The van der Waals surface area contributed by atoms with Crippen LogP contribution in [0.25, 0.3) is 0 Å². The molecule has 20 heavy (non-hydrogen) atoms. The van der Waals surface area contributed by atoms with Crippen molar-refractivity contribution in [3.8, 4) is 0 Å². The highest BCUT2D eigenvalue weighted by Gasteiger charge is 2.11. The highest BCUT2D eigenvalue weighted by Crippen LogP contribution is 2.29. The Bertz CT molecular complexity index is 388. The molecular formula is C15H25ClN2O2. The first-order chi connectivity index (χ1) is 9.70. The lowest BCUT2D eigenvalue weighted by atomic mass is 10.1. The first kappa shape index (κ1) is 17.2. The lowest BCUT2D eigenvalue weighted by Gasteiger charge is -2.24. The normalized spacial score (nSPS) is 10.8. The number of ether oxygens (including phenoxy) is 2. The van der Waals surface area contributed by atoms with Gasteiger partial charge in [0, 0.05) is 40.4 Å². The van der Waals surface area contributed by atoms with Crippen LogP contribution in [0.2, 0.25) is 5.02 Å². The maximum Gasteiger partial charge on any atom is 0.0642 e. The molecule has 0 unspecified atom stereocenters. The zero-order chi connectivity index (χ0) is 14.8. The molecule has 0 bridgehead atoms. The van der Waals surface area contributed by atoms with Crippen molar-refractivity contribution in [1.82, 2.24) is 5.32 Å². The Hall–Kier alpha value is -0.810. The molecule has 0 atom stereocenters. The van der Waals surface area contributed by atoms with Gasteiger partial charge in [-0.15, -0.1) is 0 Å². The number of halogens is 1. The Balaban J connectivity index is 2.66. The van der Waals surface area contributed by atoms with Crippen molar-refractivity contribution in [2.75, 3.05) is 52.0 Å². The van der Waals surface area contributed by atoms with Gasteiger partial charge in [-0.1, -0.05) is 23.7 Å². The number of likely N-dealkylation sites (N-methyl/N-ethyl adjacent to an activating group) is 1. The molecule has 5 heteroatoms. The standard InChI is InChI=1S/C15H25ClN2O2/c1-4-20-11-9-18(2)15-13(6-5-7-14(15)16)12-17-8-10-19-3/h5-7,17H,4,8-12H2,1-3H3. The van der Waals surface area contributed by atoms with Crippen molar-refractivity contribution in [2.24, 2.45) is 0 Å². The van der Waals surface area contributed by atoms with Crippen LogP contribution in [0, 0.1) is 0 Å². The van der Waals surface area contributed by atoms with Crippen molar-refractivity contribution >= 4 is 17.3 Å². The quantitative estimate of drug-likeness (QED) is 0.673. The molecule has 0 heterocycles. The summed E-state index contributed by atoms with van der Waals surface area (Å²) < 4.78 is 10.4. The molecule has 0 saturated heterocycles. The van der Waals surface area contributed by atoms with E-state index in [1.807, 2.05) is 26.1 Å². The fourth-order valence-electron chi connectivity index (χ4n) is 1.99. The van der Waals surface area contributed by atoms with Gasteiger partial charge in [0.25, 0.3) is 0 Å². The topological polar surface area (TPSA) is 33.7 Å². The van der Waals surface area contributed by atoms with Crippen LogP contribution in [-0.2, 0) is 16.0 Å². The zero-order valence-corrected chi connectivity index (χ0v) is 13.4. The minimum Gasteiger partial charge on any atom is -0.383 e. The second-order valence-corrected chi connectivity index (χ2v) is 4.94. The summed E-state index contributed by atoms with van der Waals surface area (Å²) in [6, 6.07) is 6.00. The molecule has 0 fully saturated rings. The van der Waals surface area contributed by atoms with Gasteiger partial charge in [0.15, 0.2) is 0 Å². The Morgan fingerprint density at radius 3 is 2.80 bits per heavy atom. The predicted molar refractivity (Wildman–Crippen MR) is 84.8 cm³/mol. The van der Waals surface area contributed by atoms with Crippen molar-refractivity contribution in [3.63, 3.8) is 0 Å². The Morgan fingerprint density at radius 2 is 2.10 bits per heavy atom. The molecule has 0 amide bonds. The van der Waals surface area contributed by atoms with E-state index in [9.17, 15) is 0 Å². The number of para-hydroxylation sites is 1. The van der Waals surface area contributed by atoms with E-state index >= 15 is 0 Å². The monoisotopic (exact) mass is 300 g/mol. The molecule has 1 aromatic rings. The van der Waals surface area contributed by atoms with Gasteiger partial charge in [-0.05, 0) is 18.6 Å². The van der Waals surface area contributed by atoms with Crippen LogP contribution >= 0.6 is 11.6 Å². The zero-order valence-electron chi connectivity index (χ0n) is 12.6. The summed E-state index contributed by atoms with van der Waals surface area (Å²) >= 11 is 6.34. The minimum absolute atomic E-state index is 0.703. The van der Waals surface area contributed by atoms with Gasteiger partial charge >= 0.3 is 0 Å². The summed E-state index contributed by atoms with van der Waals surface area (Å²) in [5.41, 5.74) is 2.26. The number of nitrogens with zero attached hydrogens (tertiary/aromatic N) is 1. The number of hydrogen-bond donors (Lipinski definition) is 1. The first-order valence-electron chi connectivity index (χ1n) is 6.96. The number of anilines is 1. The molecule has 4 nitrogen and oxygen atoms in total. The molecule has 0 radical (unpaired) electrons. The third kappa shape index (κ3) is 5.67. The van der Waals surface area contributed by atoms with Gasteiger partial charge in [0.2, 0.25) is 0 Å². The molecule has 114 valence electrons. The number of rotatable bonds is 10. The lowest BCUT2D eigenvalue weighted by molar-refractivity contribution is 0.154. The van der Waals surface area contributed by atoms with E-state index in [2.05, 4.69) is 16.3 Å². The summed E-state index contributed by atoms with van der Waals surface area (Å²) in [5.74, 6) is 0. The second-order valence-electron chi connectivity index (χ2n) is 4.54. The molecule has 1 N–H and O–H groups in total. The van der Waals surface area contributed by atoms with Gasteiger partial charge in [-0.25, -0.2) is 0 Å². The second kappa shape index (κ2) is 10.00. The average molecular weight is 301 g/mol. The van der Waals surface area contributed by atoms with Crippen LogP contribution in [0.5, 0.6) is 0 Å². The summed E-state index contributed by atoms with van der Waals surface area (Å²) in [5, 5.41) is 4.12. The fourth-order valence-corrected chi connectivity index (χ4v) is 2.32. The van der Waals surface area contributed by atoms with Crippen LogP contribution in [-0.4, -0.2) is 47.1 Å². The molecule has 0 aromatic heterocycles. The largest absolute Gasteiger partial charge is 0.383 e. The Morgan fingerprint density at radius 1 is 1.30 bits per heavy atom. The molecule has 0 saturated carbocycles. The maximum atomic E-state index is 6.34. The Kier molecular flexibility index (Phi) is 8.62. The van der Waals surface area contributed by atoms with Crippen LogP contribution in [0.4, 0.5) is 5.69 Å². The number of methoxy groups -OCH3 is 1. The Labute approximate surface area is 127 Å². The van der Waals surface area contributed by atoms with E-state index in [0.29, 0.717) is 13.2 Å². The van der Waals surface area contributed by atoms with Crippen molar-refractivity contribution in [2.45, 2.75) is 13.5 Å². The van der Waals surface area contributed by atoms with Gasteiger partial charge < -0.3 is 19.7 Å². The van der Waals surface area contributed by atoms with E-state index in [4.69, 9.17) is 21.1 Å². The van der Waals surface area contributed by atoms with Crippen molar-refractivity contribution in [1.29, 1.82) is 0 Å². The van der Waals surface area contributed by atoms with E-state index in [0.717, 1.165) is 37.0 Å². The van der Waals surface area contributed by atoms with Crippen LogP contribution in [0.1, 0.15) is 12.5 Å². The molecule has 1 aromatic carbocycles. The molecule has 0 spiro atoms. The molecule has 0 aliphatic carbocycles. The van der Waals surface area contributed by atoms with Gasteiger partial charge in [-0.3, -0.25) is 0 Å². The van der Waals surface area contributed by atoms with Crippen LogP contribution in [0.15, 0.2) is 18.2 Å². The third-order valence-corrected chi connectivity index (χ3v) is 3.33. The minimum atomic E-state index is 0.703. The smallest absolute Gasteiger partial charge is 0.0642 e. The van der Waals surface area contributed by atoms with Crippen molar-refractivity contribution < 1.29 is 9.47 Å². The van der Waals surface area contributed by atoms with E-state index in [-0.39, 0.29) is 0 Å². The number of hydrogen-bond acceptors (Lipinski definition) is 4. The van der Waals surface area contributed by atoms with Gasteiger partial charge in [0.05, 0.1) is 23.9 Å². The molecular weight excluding hydrogens is 276 g/mol. The van der Waals surface area contributed by atoms with E-state index < -0.39 is 0 Å². The summed E-state index contributed by atoms with van der Waals surface area (Å²) in [7, 11) is 3.74. The average Bonchev–Trinajstić information content (AvgIpc) is 2.44. The van der Waals surface area contributed by atoms with Gasteiger partial charge in [0.1, 0.15) is 0 Å². The summed E-state index contributed by atoms with van der Waals surface area (Å²) in [6.07, 6.45) is 0. The number of benzene rings is 1. The highest BCUT2D eigenvalue weighted by molar-refractivity contribution is 6.33. The molecule has 0 aliphatic heterocycles. The summed E-state index contributed by atoms with van der Waals surface area (Å²) in [6.45, 7) is 6.57. The van der Waals surface area contributed by atoms with Crippen LogP contribution < -0.4 is 10.2 Å². The molecule has 0 aliphatic rings. The highest BCUT2D eigenvalue weighted by atomic mass is 35.5. The third-order valence-electron chi connectivity index (χ3n) is 3.03. The SMILES string of the molecule is CCOCCN(C)c1c(Cl)cccc1CNCCOC. The summed E-state index contributed by atoms with van der Waals surface area (Å²) in [4.78, 5) is 2.14. The molecule has 1 rings (SSSR count). The van der Waals surface area contributed by atoms with E-state index in [1.54, 1.807) is 7.11 Å². The number of nitrogens with one attached hydrogen (secondary N) is 1. The first-order valence-corrected chi connectivity index (χ1v) is 7.34. The van der Waals surface area contributed by atoms with Crippen molar-refractivity contribution in [3.05, 3.63) is 28.8 Å². The maximum absolute atomic E-state index is 6.34. The van der Waals surface area contributed by atoms with E-state index in [1.165, 1.54) is 5.56 Å².